The molecule has 0 bridgehead atoms. The van der Waals surface area contributed by atoms with Crippen LogP contribution in [0.1, 0.15) is 17.2 Å². The van der Waals surface area contributed by atoms with Crippen molar-refractivity contribution < 1.29 is 9.59 Å². The van der Waals surface area contributed by atoms with Crippen LogP contribution in [0.5, 0.6) is 0 Å². The van der Waals surface area contributed by atoms with Crippen molar-refractivity contribution >= 4 is 29.2 Å². The van der Waals surface area contributed by atoms with Gasteiger partial charge in [-0.25, -0.2) is 9.48 Å². The fourth-order valence-corrected chi connectivity index (χ4v) is 3.84. The van der Waals surface area contributed by atoms with Crippen LogP contribution in [-0.4, -0.2) is 68.1 Å². The zero-order valence-electron chi connectivity index (χ0n) is 17.7. The van der Waals surface area contributed by atoms with Gasteiger partial charge in [-0.05, 0) is 40.6 Å². The van der Waals surface area contributed by atoms with Crippen molar-refractivity contribution in [2.75, 3.05) is 31.5 Å². The Morgan fingerprint density at radius 3 is 2.44 bits per heavy atom. The number of halogens is 1. The molecule has 0 unspecified atom stereocenters. The van der Waals surface area contributed by atoms with Crippen LogP contribution in [0.4, 0.5) is 10.5 Å². The van der Waals surface area contributed by atoms with Gasteiger partial charge in [-0.2, -0.15) is 0 Å². The van der Waals surface area contributed by atoms with Crippen LogP contribution in [-0.2, 0) is 11.2 Å². The normalized spacial score (nSPS) is 14.8. The van der Waals surface area contributed by atoms with Crippen molar-refractivity contribution in [3.63, 3.8) is 0 Å². The van der Waals surface area contributed by atoms with Crippen LogP contribution in [0.25, 0.3) is 0 Å². The third-order valence-electron chi connectivity index (χ3n) is 5.54. The van der Waals surface area contributed by atoms with E-state index in [1.165, 1.54) is 11.0 Å². The molecule has 9 nitrogen and oxygen atoms in total. The number of hydrogen-bond donors (Lipinski definition) is 1. The Kier molecular flexibility index (Phi) is 6.65. The monoisotopic (exact) mass is 453 g/mol. The number of hydrogen-bond acceptors (Lipinski definition) is 5. The first-order valence-corrected chi connectivity index (χ1v) is 10.8. The molecule has 1 atom stereocenters. The molecule has 166 valence electrons. The molecule has 0 aliphatic carbocycles. The van der Waals surface area contributed by atoms with E-state index in [0.717, 1.165) is 11.1 Å². The number of piperazine rings is 1. The maximum Gasteiger partial charge on any atom is 0.321 e. The molecule has 3 aromatic rings. The molecule has 0 spiro atoms. The fourth-order valence-electron chi connectivity index (χ4n) is 3.66. The van der Waals surface area contributed by atoms with Crippen molar-refractivity contribution in [1.29, 1.82) is 0 Å². The maximum atomic E-state index is 13.3. The van der Waals surface area contributed by atoms with Crippen molar-refractivity contribution in [3.05, 3.63) is 71.0 Å². The maximum absolute atomic E-state index is 13.3. The second-order valence-corrected chi connectivity index (χ2v) is 8.11. The smallest absolute Gasteiger partial charge is 0.321 e. The molecular formula is C22H24ClN7O2. The lowest BCUT2D eigenvalue weighted by Gasteiger charge is -2.36. The van der Waals surface area contributed by atoms with Gasteiger partial charge in [0.1, 0.15) is 12.4 Å². The molecule has 0 saturated carbocycles. The van der Waals surface area contributed by atoms with Crippen molar-refractivity contribution in [1.82, 2.24) is 30.0 Å². The van der Waals surface area contributed by atoms with Gasteiger partial charge in [0.05, 0.1) is 0 Å². The van der Waals surface area contributed by atoms with E-state index >= 15 is 0 Å². The lowest BCUT2D eigenvalue weighted by molar-refractivity contribution is -0.136. The van der Waals surface area contributed by atoms with E-state index in [1.54, 1.807) is 15.9 Å². The molecule has 32 heavy (non-hydrogen) atoms. The predicted molar refractivity (Wildman–Crippen MR) is 120 cm³/mol. The Bertz CT molecular complexity index is 1070. The van der Waals surface area contributed by atoms with Crippen LogP contribution < -0.4 is 5.32 Å². The van der Waals surface area contributed by atoms with Crippen LogP contribution in [0.15, 0.2) is 54.9 Å². The average molecular weight is 454 g/mol. The molecule has 10 heteroatoms. The summed E-state index contributed by atoms with van der Waals surface area (Å²) in [6.07, 6.45) is 1.95. The minimum Gasteiger partial charge on any atom is -0.337 e. The average Bonchev–Trinajstić information content (AvgIpc) is 3.35. The van der Waals surface area contributed by atoms with E-state index in [9.17, 15) is 9.59 Å². The summed E-state index contributed by atoms with van der Waals surface area (Å²) in [4.78, 5) is 29.4. The van der Waals surface area contributed by atoms with Crippen molar-refractivity contribution in [2.45, 2.75) is 19.4 Å². The lowest BCUT2D eigenvalue weighted by Crippen LogP contribution is -2.53. The van der Waals surface area contributed by atoms with Gasteiger partial charge >= 0.3 is 6.03 Å². The first-order valence-electron chi connectivity index (χ1n) is 10.4. The first-order chi connectivity index (χ1) is 15.5. The second-order valence-electron chi connectivity index (χ2n) is 7.70. The molecule has 3 amide bonds. The molecule has 1 aliphatic heterocycles. The number of benzene rings is 2. The standard InChI is InChI=1S/C22H24ClN7O2/c1-16-7-8-18(14-19(16)23)25-22(32)29-11-9-28(10-12-29)21(31)20(30-15-24-26-27-30)13-17-5-3-2-4-6-17/h2-8,14-15,20H,9-13H2,1H3,(H,25,32)/t20-/m1/s1. The van der Waals surface area contributed by atoms with Crippen molar-refractivity contribution in [2.24, 2.45) is 0 Å². The number of rotatable bonds is 5. The van der Waals surface area contributed by atoms with Gasteiger partial charge in [0.25, 0.3) is 0 Å². The van der Waals surface area contributed by atoms with Crippen LogP contribution in [0, 0.1) is 6.92 Å². The summed E-state index contributed by atoms with van der Waals surface area (Å²) in [7, 11) is 0. The molecule has 0 radical (unpaired) electrons. The molecule has 1 N–H and O–H groups in total. The molecule has 2 heterocycles. The lowest BCUT2D eigenvalue weighted by atomic mass is 10.0. The number of tetrazole rings is 1. The van der Waals surface area contributed by atoms with E-state index in [0.29, 0.717) is 43.3 Å². The largest absolute Gasteiger partial charge is 0.337 e. The highest BCUT2D eigenvalue weighted by atomic mass is 35.5. The summed E-state index contributed by atoms with van der Waals surface area (Å²) < 4.78 is 1.50. The van der Waals surface area contributed by atoms with Crippen LogP contribution in [0.3, 0.4) is 0 Å². The van der Waals surface area contributed by atoms with Gasteiger partial charge in [-0.15, -0.1) is 5.10 Å². The second kappa shape index (κ2) is 9.78. The SMILES string of the molecule is Cc1ccc(NC(=O)N2CCN(C(=O)[C@@H](Cc3ccccc3)n3cnnn3)CC2)cc1Cl. The van der Waals surface area contributed by atoms with Gasteiger partial charge < -0.3 is 15.1 Å². The highest BCUT2D eigenvalue weighted by Gasteiger charge is 2.31. The van der Waals surface area contributed by atoms with Crippen LogP contribution in [0.2, 0.25) is 5.02 Å². The van der Waals surface area contributed by atoms with Gasteiger partial charge in [0.15, 0.2) is 0 Å². The van der Waals surface area contributed by atoms with Crippen molar-refractivity contribution in [3.8, 4) is 0 Å². The summed E-state index contributed by atoms with van der Waals surface area (Å²) in [5.41, 5.74) is 2.62. The van der Waals surface area contributed by atoms with Crippen LogP contribution >= 0.6 is 11.6 Å². The Labute approximate surface area is 191 Å². The third kappa shape index (κ3) is 5.05. The first kappa shape index (κ1) is 21.8. The Balaban J connectivity index is 1.38. The zero-order chi connectivity index (χ0) is 22.5. The van der Waals surface area contributed by atoms with E-state index in [-0.39, 0.29) is 11.9 Å². The number of carbonyl (C=O) groups excluding carboxylic acids is 2. The van der Waals surface area contributed by atoms with E-state index < -0.39 is 6.04 Å². The van der Waals surface area contributed by atoms with Gasteiger partial charge in [0.2, 0.25) is 5.91 Å². The minimum absolute atomic E-state index is 0.0634. The van der Waals surface area contributed by atoms with E-state index in [2.05, 4.69) is 20.8 Å². The Hall–Kier alpha value is -3.46. The Morgan fingerprint density at radius 2 is 1.78 bits per heavy atom. The number of anilines is 1. The Morgan fingerprint density at radius 1 is 1.06 bits per heavy atom. The third-order valence-corrected chi connectivity index (χ3v) is 5.95. The van der Waals surface area contributed by atoms with E-state index in [4.69, 9.17) is 11.6 Å². The fraction of sp³-hybridized carbons (Fsp3) is 0.318. The summed E-state index contributed by atoms with van der Waals surface area (Å²) in [6, 6.07) is 14.4. The number of nitrogens with one attached hydrogen (secondary N) is 1. The quantitative estimate of drug-likeness (QED) is 0.640. The molecule has 2 aromatic carbocycles. The van der Waals surface area contributed by atoms with Gasteiger partial charge in [-0.3, -0.25) is 4.79 Å². The number of carbonyl (C=O) groups is 2. The number of aryl methyl sites for hydroxylation is 1. The highest BCUT2D eigenvalue weighted by molar-refractivity contribution is 6.31. The van der Waals surface area contributed by atoms with Gasteiger partial charge in [0, 0.05) is 43.3 Å². The number of nitrogens with zero attached hydrogens (tertiary/aromatic N) is 6. The topological polar surface area (TPSA) is 96.2 Å². The predicted octanol–water partition coefficient (Wildman–Crippen LogP) is 2.80. The molecule has 1 aliphatic rings. The molecule has 1 fully saturated rings. The van der Waals surface area contributed by atoms with E-state index in [1.807, 2.05) is 49.4 Å². The molecule has 1 saturated heterocycles. The summed E-state index contributed by atoms with van der Waals surface area (Å²) in [5.74, 6) is -0.0634. The minimum atomic E-state index is -0.539. The number of urea groups is 1. The number of amides is 3. The zero-order valence-corrected chi connectivity index (χ0v) is 18.4. The molecule has 1 aromatic heterocycles. The summed E-state index contributed by atoms with van der Waals surface area (Å²) in [5, 5.41) is 14.8. The van der Waals surface area contributed by atoms with Gasteiger partial charge in [-0.1, -0.05) is 48.0 Å². The summed E-state index contributed by atoms with van der Waals surface area (Å²) >= 11 is 6.14. The highest BCUT2D eigenvalue weighted by Crippen LogP contribution is 2.21. The molecule has 4 rings (SSSR count). The number of aromatic nitrogens is 4. The molecular weight excluding hydrogens is 430 g/mol. The summed E-state index contributed by atoms with van der Waals surface area (Å²) in [6.45, 7) is 3.66.